The van der Waals surface area contributed by atoms with Crippen molar-refractivity contribution in [1.82, 2.24) is 9.78 Å². The summed E-state index contributed by atoms with van der Waals surface area (Å²) in [6.45, 7) is 0.930. The average molecular weight is 354 g/mol. The molecule has 0 spiro atoms. The Bertz CT molecular complexity index is 774. The number of nitrogen functional groups attached to an aromatic ring is 1. The van der Waals surface area contributed by atoms with Crippen LogP contribution in [0.15, 0.2) is 24.3 Å². The molecule has 9 heteroatoms. The summed E-state index contributed by atoms with van der Waals surface area (Å²) in [6, 6.07) is 6.47. The first-order valence-corrected chi connectivity index (χ1v) is 7.25. The highest BCUT2D eigenvalue weighted by molar-refractivity contribution is 5.72. The minimum atomic E-state index is -4.53. The summed E-state index contributed by atoms with van der Waals surface area (Å²) in [6.07, 6.45) is -5.10. The molecule has 0 radical (unpaired) electrons. The Morgan fingerprint density at radius 3 is 2.20 bits per heavy atom. The fraction of sp³-hybridized carbons (Fsp3) is 0.375. The van der Waals surface area contributed by atoms with Crippen molar-refractivity contribution in [2.24, 2.45) is 0 Å². The molecular formula is C16H17F3N4O2. The summed E-state index contributed by atoms with van der Waals surface area (Å²) >= 11 is 0. The van der Waals surface area contributed by atoms with E-state index in [1.54, 1.807) is 24.3 Å². The van der Waals surface area contributed by atoms with E-state index in [9.17, 15) is 18.4 Å². The van der Waals surface area contributed by atoms with Crippen molar-refractivity contribution >= 4 is 5.82 Å². The number of hydrogen-bond donors (Lipinski definition) is 1. The predicted octanol–water partition coefficient (Wildman–Crippen LogP) is 3.42. The zero-order chi connectivity index (χ0) is 18.8. The van der Waals surface area contributed by atoms with Crippen molar-refractivity contribution in [3.05, 3.63) is 35.4 Å². The fourth-order valence-electron chi connectivity index (χ4n) is 2.36. The maximum atomic E-state index is 13.0. The van der Waals surface area contributed by atoms with Crippen LogP contribution in [0.2, 0.25) is 0 Å². The molecule has 1 aromatic carbocycles. The van der Waals surface area contributed by atoms with Crippen molar-refractivity contribution in [2.75, 3.05) is 20.0 Å². The molecule has 2 N–H and O–H groups in total. The number of nitrogens with zero attached hydrogens (tertiary/aromatic N) is 3. The number of benzene rings is 1. The van der Waals surface area contributed by atoms with Crippen LogP contribution in [0.1, 0.15) is 30.4 Å². The number of nitriles is 1. The number of rotatable bonds is 5. The number of anilines is 1. The molecule has 0 bridgehead atoms. The minimum Gasteiger partial charge on any atom is -0.383 e. The molecule has 1 aromatic heterocycles. The zero-order valence-corrected chi connectivity index (χ0v) is 13.8. The predicted molar refractivity (Wildman–Crippen MR) is 84.3 cm³/mol. The van der Waals surface area contributed by atoms with Gasteiger partial charge < -0.3 is 15.2 Å². The molecule has 25 heavy (non-hydrogen) atoms. The van der Waals surface area contributed by atoms with Crippen LogP contribution in [-0.2, 0) is 9.47 Å². The van der Waals surface area contributed by atoms with E-state index < -0.39 is 18.5 Å². The third kappa shape index (κ3) is 3.60. The number of ether oxygens (including phenoxy) is 2. The quantitative estimate of drug-likeness (QED) is 0.832. The maximum absolute atomic E-state index is 13.0. The van der Waals surface area contributed by atoms with E-state index in [4.69, 9.17) is 15.2 Å². The third-order valence-corrected chi connectivity index (χ3v) is 3.78. The Morgan fingerprint density at radius 2 is 1.76 bits per heavy atom. The number of alkyl halides is 3. The summed E-state index contributed by atoms with van der Waals surface area (Å²) in [5, 5.41) is 13.2. The van der Waals surface area contributed by atoms with Crippen molar-refractivity contribution < 1.29 is 22.6 Å². The first-order chi connectivity index (χ1) is 11.7. The summed E-state index contributed by atoms with van der Waals surface area (Å²) in [7, 11) is 2.97. The van der Waals surface area contributed by atoms with Crippen LogP contribution < -0.4 is 5.73 Å². The van der Waals surface area contributed by atoms with Gasteiger partial charge in [0, 0.05) is 25.3 Å². The van der Waals surface area contributed by atoms with Gasteiger partial charge in [-0.05, 0) is 6.92 Å². The minimum absolute atomic E-state index is 0.0917. The van der Waals surface area contributed by atoms with Gasteiger partial charge in [-0.3, -0.25) is 0 Å². The van der Waals surface area contributed by atoms with Gasteiger partial charge >= 0.3 is 6.18 Å². The lowest BCUT2D eigenvalue weighted by Crippen LogP contribution is -2.25. The highest BCUT2D eigenvalue weighted by Gasteiger charge is 2.40. The Hall–Kier alpha value is -2.57. The van der Waals surface area contributed by atoms with E-state index in [2.05, 4.69) is 5.10 Å². The lowest BCUT2D eigenvalue weighted by atomic mass is 10.1. The molecule has 6 nitrogen and oxygen atoms in total. The molecule has 1 heterocycles. The van der Waals surface area contributed by atoms with Gasteiger partial charge in [0.05, 0.1) is 0 Å². The van der Waals surface area contributed by atoms with Gasteiger partial charge in [0.1, 0.15) is 29.2 Å². The molecule has 1 unspecified atom stereocenters. The number of aromatic nitrogens is 2. The summed E-state index contributed by atoms with van der Waals surface area (Å²) < 4.78 is 49.7. The highest BCUT2D eigenvalue weighted by atomic mass is 19.4. The van der Waals surface area contributed by atoms with Crippen LogP contribution in [0.4, 0.5) is 19.0 Å². The number of nitrogens with two attached hydrogens (primary N) is 1. The Kier molecular flexibility index (Phi) is 5.35. The number of methoxy groups -OCH3 is 2. The second-order valence-corrected chi connectivity index (χ2v) is 5.31. The summed E-state index contributed by atoms with van der Waals surface area (Å²) in [5.41, 5.74) is 6.88. The van der Waals surface area contributed by atoms with E-state index in [0.29, 0.717) is 15.8 Å². The average Bonchev–Trinajstić information content (AvgIpc) is 2.91. The molecule has 0 amide bonds. The molecule has 0 saturated heterocycles. The van der Waals surface area contributed by atoms with Gasteiger partial charge in [-0.25, -0.2) is 4.68 Å². The second-order valence-electron chi connectivity index (χ2n) is 5.31. The van der Waals surface area contributed by atoms with Gasteiger partial charge in [0.15, 0.2) is 6.29 Å². The van der Waals surface area contributed by atoms with E-state index in [1.165, 1.54) is 14.2 Å². The number of hydrogen-bond acceptors (Lipinski definition) is 5. The largest absolute Gasteiger partial charge is 0.410 e. The van der Waals surface area contributed by atoms with Crippen molar-refractivity contribution in [1.29, 1.82) is 5.26 Å². The van der Waals surface area contributed by atoms with Gasteiger partial charge in [-0.2, -0.15) is 23.5 Å². The molecule has 0 saturated carbocycles. The first kappa shape index (κ1) is 18.8. The Balaban J connectivity index is 2.48. The smallest absolute Gasteiger partial charge is 0.383 e. The van der Waals surface area contributed by atoms with E-state index in [-0.39, 0.29) is 17.1 Å². The van der Waals surface area contributed by atoms with Crippen molar-refractivity contribution in [3.8, 4) is 17.3 Å². The van der Waals surface area contributed by atoms with Gasteiger partial charge in [-0.1, -0.05) is 24.3 Å². The fourth-order valence-corrected chi connectivity index (χ4v) is 2.36. The molecular weight excluding hydrogens is 337 g/mol. The molecule has 2 aromatic rings. The van der Waals surface area contributed by atoms with Gasteiger partial charge in [0.2, 0.25) is 0 Å². The topological polar surface area (TPSA) is 86.1 Å². The first-order valence-electron chi connectivity index (χ1n) is 7.25. The third-order valence-electron chi connectivity index (χ3n) is 3.78. The van der Waals surface area contributed by atoms with Crippen molar-refractivity contribution in [3.63, 3.8) is 0 Å². The summed E-state index contributed by atoms with van der Waals surface area (Å²) in [4.78, 5) is 0. The standard InChI is InChI=1S/C16H17F3N4O2/c1-9(16(17,18)19)23-14(21)12(8-20)13(22-23)10-4-6-11(7-5-10)15(24-2)25-3/h4-7,9,15H,21H2,1-3H3. The lowest BCUT2D eigenvalue weighted by molar-refractivity contribution is -0.164. The van der Waals surface area contributed by atoms with Gasteiger partial charge in [0.25, 0.3) is 0 Å². The van der Waals surface area contributed by atoms with Crippen LogP contribution in [0.3, 0.4) is 0 Å². The zero-order valence-electron chi connectivity index (χ0n) is 13.8. The Labute approximate surface area is 142 Å². The van der Waals surface area contributed by atoms with Crippen molar-refractivity contribution in [2.45, 2.75) is 25.4 Å². The van der Waals surface area contributed by atoms with Crippen LogP contribution in [0.5, 0.6) is 0 Å². The SMILES string of the molecule is COC(OC)c1ccc(-c2nn(C(C)C(F)(F)F)c(N)c2C#N)cc1. The lowest BCUT2D eigenvalue weighted by Gasteiger charge is -2.17. The Morgan fingerprint density at radius 1 is 1.20 bits per heavy atom. The van der Waals surface area contributed by atoms with Crippen LogP contribution in [-0.4, -0.2) is 30.2 Å². The molecule has 2 rings (SSSR count). The van der Waals surface area contributed by atoms with Crippen LogP contribution in [0, 0.1) is 11.3 Å². The molecule has 0 fully saturated rings. The summed E-state index contributed by atoms with van der Waals surface area (Å²) in [5.74, 6) is -0.321. The normalized spacial score (nSPS) is 13.0. The second kappa shape index (κ2) is 7.13. The van der Waals surface area contributed by atoms with E-state index >= 15 is 0 Å². The van der Waals surface area contributed by atoms with Crippen LogP contribution >= 0.6 is 0 Å². The molecule has 0 aliphatic rings. The number of halogens is 3. The molecule has 1 atom stereocenters. The molecule has 0 aliphatic carbocycles. The van der Waals surface area contributed by atoms with Gasteiger partial charge in [-0.15, -0.1) is 0 Å². The highest BCUT2D eigenvalue weighted by Crippen LogP contribution is 2.35. The maximum Gasteiger partial charge on any atom is 0.410 e. The monoisotopic (exact) mass is 354 g/mol. The van der Waals surface area contributed by atoms with E-state index in [1.807, 2.05) is 6.07 Å². The van der Waals surface area contributed by atoms with E-state index in [0.717, 1.165) is 6.92 Å². The van der Waals surface area contributed by atoms with Crippen LogP contribution in [0.25, 0.3) is 11.3 Å². The molecule has 0 aliphatic heterocycles. The molecule has 134 valence electrons.